The van der Waals surface area contributed by atoms with Crippen molar-refractivity contribution in [3.63, 3.8) is 0 Å². The van der Waals surface area contributed by atoms with E-state index in [0.29, 0.717) is 24.3 Å². The lowest BCUT2D eigenvalue weighted by atomic mass is 9.68. The lowest BCUT2D eigenvalue weighted by Gasteiger charge is -2.31. The Morgan fingerprint density at radius 3 is 1.19 bits per heavy atom. The second-order valence-corrected chi connectivity index (χ2v) is 9.59. The molecule has 0 bridgehead atoms. The fourth-order valence-corrected chi connectivity index (χ4v) is 5.68. The van der Waals surface area contributed by atoms with Crippen molar-refractivity contribution >= 4 is 58.9 Å². The Hall–Kier alpha value is -5.42. The highest BCUT2D eigenvalue weighted by atomic mass is 19.4. The summed E-state index contributed by atoms with van der Waals surface area (Å²) in [5.74, 6) is -22.7. The molecule has 12 nitrogen and oxygen atoms in total. The van der Waals surface area contributed by atoms with Crippen molar-refractivity contribution in [1.29, 1.82) is 0 Å². The SMILES string of the molecule is O=C1OC(=O)c2cc(N3C(=O)C(C(F)(F)F)C4(C3=O)C(=O)N(c3ccc5c(c3)C(=O)OC5=O)C(=O)[C@@H]4C(F)(F)F)ccc21. The summed E-state index contributed by atoms with van der Waals surface area (Å²) >= 11 is 0. The molecule has 0 aliphatic carbocycles. The topological polar surface area (TPSA) is 162 Å². The first-order valence-electron chi connectivity index (χ1n) is 11.6. The Bertz CT molecular complexity index is 1670. The zero-order valence-electron chi connectivity index (χ0n) is 20.4. The molecule has 43 heavy (non-hydrogen) atoms. The monoisotopic (exact) mass is 610 g/mol. The van der Waals surface area contributed by atoms with Gasteiger partial charge in [0.2, 0.25) is 11.8 Å². The quantitative estimate of drug-likeness (QED) is 0.213. The maximum Gasteiger partial charge on any atom is 0.402 e. The average molecular weight is 610 g/mol. The van der Waals surface area contributed by atoms with Crippen molar-refractivity contribution < 1.29 is 74.2 Å². The van der Waals surface area contributed by atoms with Crippen molar-refractivity contribution in [2.45, 2.75) is 12.4 Å². The van der Waals surface area contributed by atoms with Gasteiger partial charge in [-0.3, -0.25) is 19.2 Å². The molecule has 4 aliphatic rings. The van der Waals surface area contributed by atoms with Crippen molar-refractivity contribution in [1.82, 2.24) is 0 Å². The smallest absolute Gasteiger partial charge is 0.386 e. The molecule has 0 aromatic heterocycles. The van der Waals surface area contributed by atoms with Crippen LogP contribution in [0.4, 0.5) is 37.7 Å². The summed E-state index contributed by atoms with van der Waals surface area (Å²) in [7, 11) is 0. The molecular formula is C25H8F6N2O10. The first-order valence-corrected chi connectivity index (χ1v) is 11.6. The predicted octanol–water partition coefficient (Wildman–Crippen LogP) is 2.10. The van der Waals surface area contributed by atoms with Gasteiger partial charge in [-0.15, -0.1) is 0 Å². The molecular weight excluding hydrogens is 602 g/mol. The van der Waals surface area contributed by atoms with Gasteiger partial charge in [0.15, 0.2) is 17.3 Å². The number of nitrogens with zero attached hydrogens (tertiary/aromatic N) is 2. The van der Waals surface area contributed by atoms with Gasteiger partial charge >= 0.3 is 36.2 Å². The van der Waals surface area contributed by atoms with Crippen LogP contribution >= 0.6 is 0 Å². The second-order valence-electron chi connectivity index (χ2n) is 9.59. The van der Waals surface area contributed by atoms with Crippen molar-refractivity contribution in [2.75, 3.05) is 9.80 Å². The van der Waals surface area contributed by atoms with E-state index >= 15 is 0 Å². The van der Waals surface area contributed by atoms with E-state index in [-0.39, 0.29) is 0 Å². The molecule has 0 radical (unpaired) electrons. The van der Waals surface area contributed by atoms with Gasteiger partial charge in [0.05, 0.1) is 33.6 Å². The number of amides is 4. The minimum absolute atomic E-state index is 0.416. The van der Waals surface area contributed by atoms with Crippen LogP contribution in [-0.4, -0.2) is 59.9 Å². The number of fused-ring (bicyclic) bond motifs is 2. The number of hydrogen-bond acceptors (Lipinski definition) is 10. The van der Waals surface area contributed by atoms with Crippen LogP contribution in [-0.2, 0) is 28.7 Å². The molecule has 2 aromatic carbocycles. The third-order valence-electron chi connectivity index (χ3n) is 7.39. The van der Waals surface area contributed by atoms with Crippen LogP contribution in [0.2, 0.25) is 0 Å². The lowest BCUT2D eigenvalue weighted by Crippen LogP contribution is -2.55. The molecule has 1 spiro atoms. The highest BCUT2D eigenvalue weighted by molar-refractivity contribution is 6.40. The third kappa shape index (κ3) is 3.45. The minimum atomic E-state index is -6.03. The van der Waals surface area contributed by atoms with Crippen LogP contribution in [0, 0.1) is 17.3 Å². The molecule has 4 heterocycles. The molecule has 4 amide bonds. The van der Waals surface area contributed by atoms with Crippen LogP contribution in [0.3, 0.4) is 0 Å². The minimum Gasteiger partial charge on any atom is -0.386 e. The van der Waals surface area contributed by atoms with E-state index in [4.69, 9.17) is 0 Å². The van der Waals surface area contributed by atoms with Crippen LogP contribution in [0.15, 0.2) is 36.4 Å². The second kappa shape index (κ2) is 8.33. The number of carbonyl (C=O) groups is 8. The Balaban J connectivity index is 1.57. The summed E-state index contributed by atoms with van der Waals surface area (Å²) in [6.45, 7) is 0. The van der Waals surface area contributed by atoms with E-state index < -0.39 is 121 Å². The highest BCUT2D eigenvalue weighted by Crippen LogP contribution is 2.61. The molecule has 0 saturated carbocycles. The van der Waals surface area contributed by atoms with E-state index in [0.717, 1.165) is 12.1 Å². The number of ether oxygens (including phenoxy) is 2. The van der Waals surface area contributed by atoms with Gasteiger partial charge < -0.3 is 9.47 Å². The first kappa shape index (κ1) is 27.7. The van der Waals surface area contributed by atoms with E-state index in [1.54, 1.807) is 0 Å². The van der Waals surface area contributed by atoms with Gasteiger partial charge in [0.1, 0.15) is 0 Å². The maximum atomic E-state index is 14.5. The number of imide groups is 2. The van der Waals surface area contributed by atoms with E-state index in [1.165, 1.54) is 0 Å². The normalized spacial score (nSPS) is 25.3. The van der Waals surface area contributed by atoms with Crippen LogP contribution < -0.4 is 9.80 Å². The molecule has 2 unspecified atom stereocenters. The third-order valence-corrected chi connectivity index (χ3v) is 7.39. The molecule has 18 heteroatoms. The summed E-state index contributed by atoms with van der Waals surface area (Å²) in [4.78, 5) is 100. The van der Waals surface area contributed by atoms with Crippen molar-refractivity contribution in [3.8, 4) is 0 Å². The van der Waals surface area contributed by atoms with Crippen molar-refractivity contribution in [2.24, 2.45) is 17.3 Å². The van der Waals surface area contributed by atoms with Gasteiger partial charge in [0, 0.05) is 0 Å². The number of carbonyl (C=O) groups excluding carboxylic acids is 8. The molecule has 6 rings (SSSR count). The van der Waals surface area contributed by atoms with Crippen LogP contribution in [0.25, 0.3) is 0 Å². The summed E-state index contributed by atoms with van der Waals surface area (Å²) in [6, 6.07) is 3.90. The van der Waals surface area contributed by atoms with E-state index in [2.05, 4.69) is 9.47 Å². The highest BCUT2D eigenvalue weighted by Gasteiger charge is 2.84. The molecule has 2 saturated heterocycles. The number of cyclic esters (lactones) is 4. The summed E-state index contributed by atoms with van der Waals surface area (Å²) in [6.07, 6.45) is -12.1. The number of benzene rings is 2. The molecule has 0 N–H and O–H groups in total. The molecule has 2 aromatic rings. The zero-order valence-corrected chi connectivity index (χ0v) is 20.4. The molecule has 2 fully saturated rings. The zero-order chi connectivity index (χ0) is 31.5. The molecule has 4 aliphatic heterocycles. The Kier molecular flexibility index (Phi) is 5.37. The number of hydrogen-bond donors (Lipinski definition) is 0. The first-order chi connectivity index (χ1) is 19.9. The van der Waals surface area contributed by atoms with Crippen LogP contribution in [0.5, 0.6) is 0 Å². The van der Waals surface area contributed by atoms with E-state index in [1.807, 2.05) is 0 Å². The number of halogens is 6. The lowest BCUT2D eigenvalue weighted by molar-refractivity contribution is -0.234. The maximum absolute atomic E-state index is 14.5. The summed E-state index contributed by atoms with van der Waals surface area (Å²) in [5.41, 5.74) is -8.47. The van der Waals surface area contributed by atoms with Gasteiger partial charge in [-0.2, -0.15) is 26.3 Å². The number of alkyl halides is 6. The van der Waals surface area contributed by atoms with Gasteiger partial charge in [-0.25, -0.2) is 29.0 Å². The van der Waals surface area contributed by atoms with Crippen molar-refractivity contribution in [3.05, 3.63) is 58.7 Å². The van der Waals surface area contributed by atoms with Gasteiger partial charge in [0.25, 0.3) is 11.8 Å². The summed E-state index contributed by atoms with van der Waals surface area (Å²) in [5, 5.41) is 0. The average Bonchev–Trinajstić information content (AvgIpc) is 3.50. The number of anilines is 2. The number of rotatable bonds is 2. The fourth-order valence-electron chi connectivity index (χ4n) is 5.68. The Morgan fingerprint density at radius 1 is 0.535 bits per heavy atom. The Morgan fingerprint density at radius 2 is 0.860 bits per heavy atom. The molecule has 220 valence electrons. The van der Waals surface area contributed by atoms with Crippen LogP contribution in [0.1, 0.15) is 41.4 Å². The van der Waals surface area contributed by atoms with E-state index in [9.17, 15) is 64.7 Å². The van der Waals surface area contributed by atoms with Gasteiger partial charge in [-0.05, 0) is 36.4 Å². The largest absolute Gasteiger partial charge is 0.402 e. The fraction of sp³-hybridized carbons (Fsp3) is 0.200. The predicted molar refractivity (Wildman–Crippen MR) is 119 cm³/mol. The van der Waals surface area contributed by atoms with Gasteiger partial charge in [-0.1, -0.05) is 0 Å². The standard InChI is InChI=1S/C25H8F6N2O10/c26-24(27,28)13-15(34)32(7-1-3-9-11(5-7)19(38)42-17(9)36)21(40)23(13)14(25(29,30)31)16(35)33(22(23)41)8-2-4-10-12(6-8)20(39)43-18(10)37/h1-6,13-14H/t13-,14?,23?/m0/s1. The molecule has 3 atom stereocenters. The Labute approximate surface area is 231 Å². The number of esters is 4. The summed E-state index contributed by atoms with van der Waals surface area (Å²) < 4.78 is 95.7.